The van der Waals surface area contributed by atoms with Gasteiger partial charge in [-0.05, 0) is 43.5 Å². The van der Waals surface area contributed by atoms with Crippen molar-refractivity contribution < 1.29 is 4.79 Å². The summed E-state index contributed by atoms with van der Waals surface area (Å²) in [4.78, 5) is 25.2. The number of rotatable bonds is 5. The van der Waals surface area contributed by atoms with Gasteiger partial charge >= 0.3 is 0 Å². The van der Waals surface area contributed by atoms with Crippen molar-refractivity contribution in [2.75, 3.05) is 23.3 Å². The predicted molar refractivity (Wildman–Crippen MR) is 107 cm³/mol. The minimum atomic E-state index is -0.0560. The van der Waals surface area contributed by atoms with Crippen molar-refractivity contribution in [1.29, 1.82) is 0 Å². The van der Waals surface area contributed by atoms with Crippen LogP contribution in [0.5, 0.6) is 0 Å². The minimum Gasteiger partial charge on any atom is -0.354 e. The second kappa shape index (κ2) is 7.60. The van der Waals surface area contributed by atoms with E-state index in [1.165, 1.54) is 11.3 Å². The van der Waals surface area contributed by atoms with Crippen molar-refractivity contribution in [3.05, 3.63) is 45.6 Å². The first kappa shape index (κ1) is 17.2. The lowest BCUT2D eigenvalue weighted by Gasteiger charge is -2.20. The molecule has 1 aromatic carbocycles. The van der Waals surface area contributed by atoms with Gasteiger partial charge in [-0.1, -0.05) is 23.7 Å². The summed E-state index contributed by atoms with van der Waals surface area (Å²) in [6, 6.07) is 11.6. The lowest BCUT2D eigenvalue weighted by Crippen LogP contribution is -2.23. The number of carbonyl (C=O) groups excluding carboxylic acids is 1. The maximum absolute atomic E-state index is 12.5. The Bertz CT molecular complexity index is 936. The van der Waals surface area contributed by atoms with Gasteiger partial charge in [-0.15, -0.1) is 11.3 Å². The second-order valence-corrected chi connectivity index (χ2v) is 8.13. The first-order valence-electron chi connectivity index (χ1n) is 8.75. The first-order chi connectivity index (χ1) is 12.7. The summed E-state index contributed by atoms with van der Waals surface area (Å²) < 4.78 is 0.747. The molecule has 0 aliphatic carbocycles. The third-order valence-corrected chi connectivity index (χ3v) is 5.73. The molecule has 1 N–H and O–H groups in total. The van der Waals surface area contributed by atoms with Crippen LogP contribution in [-0.2, 0) is 11.2 Å². The molecule has 134 valence electrons. The van der Waals surface area contributed by atoms with Gasteiger partial charge < -0.3 is 10.2 Å². The largest absolute Gasteiger partial charge is 0.354 e. The van der Waals surface area contributed by atoms with Gasteiger partial charge in [0.15, 0.2) is 11.6 Å². The van der Waals surface area contributed by atoms with Crippen LogP contribution in [0.3, 0.4) is 0 Å². The second-order valence-electron chi connectivity index (χ2n) is 6.33. The van der Waals surface area contributed by atoms with Crippen LogP contribution in [0.25, 0.3) is 11.0 Å². The van der Waals surface area contributed by atoms with E-state index in [0.29, 0.717) is 18.7 Å². The molecule has 0 spiro atoms. The van der Waals surface area contributed by atoms with Gasteiger partial charge in [0.1, 0.15) is 0 Å². The Morgan fingerprint density at radius 3 is 2.54 bits per heavy atom. The van der Waals surface area contributed by atoms with Crippen LogP contribution in [0.1, 0.15) is 24.1 Å². The molecule has 1 aliphatic rings. The highest BCUT2D eigenvalue weighted by Crippen LogP contribution is 2.28. The molecule has 7 heteroatoms. The molecule has 4 rings (SSSR count). The zero-order valence-electron chi connectivity index (χ0n) is 14.2. The van der Waals surface area contributed by atoms with E-state index in [0.717, 1.165) is 52.0 Å². The normalized spacial score (nSPS) is 14.1. The van der Waals surface area contributed by atoms with Crippen molar-refractivity contribution >= 4 is 51.5 Å². The van der Waals surface area contributed by atoms with E-state index in [-0.39, 0.29) is 5.91 Å². The van der Waals surface area contributed by atoms with E-state index < -0.39 is 0 Å². The monoisotopic (exact) mass is 386 g/mol. The Morgan fingerprint density at radius 2 is 1.85 bits per heavy atom. The smallest absolute Gasteiger partial charge is 0.225 e. The molecule has 0 unspecified atom stereocenters. The van der Waals surface area contributed by atoms with Gasteiger partial charge in [-0.2, -0.15) is 0 Å². The third-order valence-electron chi connectivity index (χ3n) is 4.44. The number of aryl methyl sites for hydroxylation is 1. The number of hydrogen-bond donors (Lipinski definition) is 1. The van der Waals surface area contributed by atoms with Crippen LogP contribution in [0.2, 0.25) is 4.34 Å². The number of nitrogens with one attached hydrogen (secondary N) is 1. The molecular weight excluding hydrogens is 368 g/mol. The van der Waals surface area contributed by atoms with Crippen molar-refractivity contribution in [3.8, 4) is 0 Å². The van der Waals surface area contributed by atoms with Gasteiger partial charge in [-0.3, -0.25) is 4.79 Å². The lowest BCUT2D eigenvalue weighted by molar-refractivity contribution is -0.116. The molecule has 1 fully saturated rings. The maximum Gasteiger partial charge on any atom is 0.225 e. The molecule has 2 aromatic heterocycles. The maximum atomic E-state index is 12.5. The average Bonchev–Trinajstić information content (AvgIpc) is 3.31. The fourth-order valence-corrected chi connectivity index (χ4v) is 4.23. The number of carbonyl (C=O) groups is 1. The van der Waals surface area contributed by atoms with Crippen LogP contribution in [-0.4, -0.2) is 29.0 Å². The van der Waals surface area contributed by atoms with Crippen molar-refractivity contribution in [3.63, 3.8) is 0 Å². The van der Waals surface area contributed by atoms with Crippen molar-refractivity contribution in [2.24, 2.45) is 0 Å². The number of aromatic nitrogens is 2. The fraction of sp³-hybridized carbons (Fsp3) is 0.316. The summed E-state index contributed by atoms with van der Waals surface area (Å²) >= 11 is 7.46. The highest BCUT2D eigenvalue weighted by atomic mass is 35.5. The van der Waals surface area contributed by atoms with E-state index in [1.807, 2.05) is 36.4 Å². The number of thiophene rings is 1. The van der Waals surface area contributed by atoms with Gasteiger partial charge in [0.05, 0.1) is 15.4 Å². The number of amides is 1. The number of benzene rings is 1. The van der Waals surface area contributed by atoms with E-state index in [9.17, 15) is 4.79 Å². The van der Waals surface area contributed by atoms with E-state index in [2.05, 4.69) is 15.2 Å². The molecule has 3 aromatic rings. The summed E-state index contributed by atoms with van der Waals surface area (Å²) in [5.41, 5.74) is 1.64. The number of fused-ring (bicyclic) bond motifs is 1. The van der Waals surface area contributed by atoms with E-state index in [4.69, 9.17) is 16.6 Å². The Hall–Kier alpha value is -2.18. The summed E-state index contributed by atoms with van der Waals surface area (Å²) in [6.07, 6.45) is 3.34. The molecular formula is C19H19ClN4OS. The molecule has 1 aliphatic heterocycles. The molecule has 26 heavy (non-hydrogen) atoms. The standard InChI is InChI=1S/C19H19ClN4OS/c20-16-9-7-13(26-16)8-10-17(25)23-18-19(24-11-3-4-12-24)22-15-6-2-1-5-14(15)21-18/h1-2,5-7,9H,3-4,8,10-12H2,(H,21,23,25). The summed E-state index contributed by atoms with van der Waals surface area (Å²) in [5.74, 6) is 1.27. The Labute approximate surface area is 161 Å². The number of nitrogens with zero attached hydrogens (tertiary/aromatic N) is 3. The predicted octanol–water partition coefficient (Wildman–Crippen LogP) is 4.52. The fourth-order valence-electron chi connectivity index (χ4n) is 3.14. The Balaban J connectivity index is 1.55. The molecule has 3 heterocycles. The summed E-state index contributed by atoms with van der Waals surface area (Å²) in [5, 5.41) is 2.97. The van der Waals surface area contributed by atoms with Crippen LogP contribution < -0.4 is 10.2 Å². The molecule has 1 amide bonds. The number of halogens is 1. The van der Waals surface area contributed by atoms with Gasteiger partial charge in [0.25, 0.3) is 0 Å². The van der Waals surface area contributed by atoms with Gasteiger partial charge in [-0.25, -0.2) is 9.97 Å². The molecule has 0 atom stereocenters. The highest BCUT2D eigenvalue weighted by Gasteiger charge is 2.20. The zero-order valence-corrected chi connectivity index (χ0v) is 15.8. The van der Waals surface area contributed by atoms with Crippen molar-refractivity contribution in [2.45, 2.75) is 25.7 Å². The zero-order chi connectivity index (χ0) is 17.9. The Kier molecular flexibility index (Phi) is 5.04. The average molecular weight is 387 g/mol. The van der Waals surface area contributed by atoms with Gasteiger partial charge in [0.2, 0.25) is 5.91 Å². The first-order valence-corrected chi connectivity index (χ1v) is 9.94. The SMILES string of the molecule is O=C(CCc1ccc(Cl)s1)Nc1nc2ccccc2nc1N1CCCC1. The highest BCUT2D eigenvalue weighted by molar-refractivity contribution is 7.16. The number of para-hydroxylation sites is 2. The van der Waals surface area contributed by atoms with Crippen LogP contribution >= 0.6 is 22.9 Å². The molecule has 0 bridgehead atoms. The summed E-state index contributed by atoms with van der Waals surface area (Å²) in [6.45, 7) is 1.90. The number of hydrogen-bond acceptors (Lipinski definition) is 5. The molecule has 0 radical (unpaired) electrons. The quantitative estimate of drug-likeness (QED) is 0.700. The number of anilines is 2. The van der Waals surface area contributed by atoms with E-state index >= 15 is 0 Å². The van der Waals surface area contributed by atoms with E-state index in [1.54, 1.807) is 0 Å². The van der Waals surface area contributed by atoms with Crippen LogP contribution in [0, 0.1) is 0 Å². The topological polar surface area (TPSA) is 58.1 Å². The third kappa shape index (κ3) is 3.81. The molecule has 0 saturated carbocycles. The molecule has 5 nitrogen and oxygen atoms in total. The van der Waals surface area contributed by atoms with Crippen molar-refractivity contribution in [1.82, 2.24) is 9.97 Å². The van der Waals surface area contributed by atoms with Gasteiger partial charge in [0, 0.05) is 24.4 Å². The van der Waals surface area contributed by atoms with Crippen LogP contribution in [0.15, 0.2) is 36.4 Å². The van der Waals surface area contributed by atoms with Crippen LogP contribution in [0.4, 0.5) is 11.6 Å². The summed E-state index contributed by atoms with van der Waals surface area (Å²) in [7, 11) is 0. The lowest BCUT2D eigenvalue weighted by atomic mass is 10.2. The molecule has 1 saturated heterocycles. The Morgan fingerprint density at radius 1 is 1.12 bits per heavy atom. The minimum absolute atomic E-state index is 0.0560.